The van der Waals surface area contributed by atoms with Gasteiger partial charge in [0.25, 0.3) is 0 Å². The van der Waals surface area contributed by atoms with Gasteiger partial charge in [0.05, 0.1) is 5.92 Å². The molecule has 1 heterocycles. The zero-order valence-corrected chi connectivity index (χ0v) is 14.8. The van der Waals surface area contributed by atoms with Gasteiger partial charge in [0.1, 0.15) is 0 Å². The molecule has 5 heteroatoms. The molecule has 2 aromatic carbocycles. The molecular weight excluding hydrogens is 314 g/mol. The van der Waals surface area contributed by atoms with E-state index in [1.165, 1.54) is 0 Å². The number of carbonyl (C=O) groups excluding carboxylic acids is 2. The van der Waals surface area contributed by atoms with Gasteiger partial charge in [-0.1, -0.05) is 30.3 Å². The van der Waals surface area contributed by atoms with E-state index in [1.54, 1.807) is 11.9 Å². The second kappa shape index (κ2) is 6.97. The molecule has 1 aliphatic rings. The molecule has 5 nitrogen and oxygen atoms in total. The summed E-state index contributed by atoms with van der Waals surface area (Å²) in [5.41, 5.74) is 3.81. The lowest BCUT2D eigenvalue weighted by atomic mass is 9.89. The molecule has 25 heavy (non-hydrogen) atoms. The van der Waals surface area contributed by atoms with Crippen molar-refractivity contribution in [3.63, 3.8) is 0 Å². The average Bonchev–Trinajstić information content (AvgIpc) is 2.60. The third kappa shape index (κ3) is 3.65. The van der Waals surface area contributed by atoms with Crippen molar-refractivity contribution in [2.45, 2.75) is 18.9 Å². The molecule has 130 valence electrons. The molecule has 0 aromatic heterocycles. The molecule has 0 bridgehead atoms. The maximum atomic E-state index is 12.9. The average molecular weight is 337 g/mol. The van der Waals surface area contributed by atoms with E-state index in [0.717, 1.165) is 22.5 Å². The minimum atomic E-state index is -0.420. The Balaban J connectivity index is 1.75. The Hall–Kier alpha value is -2.82. The largest absolute Gasteiger partial charge is 0.378 e. The van der Waals surface area contributed by atoms with Gasteiger partial charge in [-0.05, 0) is 29.3 Å². The Morgan fingerprint density at radius 3 is 2.44 bits per heavy atom. The van der Waals surface area contributed by atoms with Gasteiger partial charge in [0.2, 0.25) is 11.8 Å². The first-order valence-corrected chi connectivity index (χ1v) is 8.35. The second-order valence-corrected chi connectivity index (χ2v) is 6.65. The second-order valence-electron chi connectivity index (χ2n) is 6.65. The van der Waals surface area contributed by atoms with E-state index in [9.17, 15) is 9.59 Å². The molecule has 3 rings (SSSR count). The molecular formula is C20H23N3O2. The molecule has 0 radical (unpaired) electrons. The van der Waals surface area contributed by atoms with Crippen molar-refractivity contribution in [1.29, 1.82) is 0 Å². The fourth-order valence-corrected chi connectivity index (χ4v) is 3.15. The lowest BCUT2D eigenvalue weighted by molar-refractivity contribution is -0.134. The van der Waals surface area contributed by atoms with Crippen LogP contribution in [0.2, 0.25) is 0 Å². The van der Waals surface area contributed by atoms with Crippen LogP contribution in [0.5, 0.6) is 0 Å². The Morgan fingerprint density at radius 1 is 1.08 bits per heavy atom. The fourth-order valence-electron chi connectivity index (χ4n) is 3.15. The SMILES string of the molecule is CN(Cc1ccc(N(C)C)cc1)C(=O)C1CC(=O)Nc2ccccc21. The summed E-state index contributed by atoms with van der Waals surface area (Å²) in [4.78, 5) is 28.6. The monoisotopic (exact) mass is 337 g/mol. The number of nitrogens with one attached hydrogen (secondary N) is 1. The number of hydrogen-bond acceptors (Lipinski definition) is 3. The van der Waals surface area contributed by atoms with Crippen LogP contribution in [0.1, 0.15) is 23.5 Å². The standard InChI is InChI=1S/C20H23N3O2/c1-22(2)15-10-8-14(9-11-15)13-23(3)20(25)17-12-19(24)21-18-7-5-4-6-16(17)18/h4-11,17H,12-13H2,1-3H3,(H,21,24). The van der Waals surface area contributed by atoms with Crippen LogP contribution in [-0.2, 0) is 16.1 Å². The Labute approximate surface area is 148 Å². The highest BCUT2D eigenvalue weighted by Crippen LogP contribution is 2.33. The van der Waals surface area contributed by atoms with Gasteiger partial charge in [-0.15, -0.1) is 0 Å². The highest BCUT2D eigenvalue weighted by atomic mass is 16.2. The first-order chi connectivity index (χ1) is 12.0. The number of nitrogens with zero attached hydrogens (tertiary/aromatic N) is 2. The van der Waals surface area contributed by atoms with Gasteiger partial charge in [0.15, 0.2) is 0 Å². The molecule has 2 amide bonds. The minimum Gasteiger partial charge on any atom is -0.378 e. The molecule has 0 spiro atoms. The van der Waals surface area contributed by atoms with Crippen LogP contribution < -0.4 is 10.2 Å². The van der Waals surface area contributed by atoms with Crippen molar-refractivity contribution in [2.75, 3.05) is 31.4 Å². The molecule has 1 atom stereocenters. The summed E-state index contributed by atoms with van der Waals surface area (Å²) in [6.45, 7) is 0.521. The summed E-state index contributed by atoms with van der Waals surface area (Å²) in [7, 11) is 5.78. The summed E-state index contributed by atoms with van der Waals surface area (Å²) in [5, 5.41) is 2.84. The van der Waals surface area contributed by atoms with Crippen molar-refractivity contribution in [2.24, 2.45) is 0 Å². The summed E-state index contributed by atoms with van der Waals surface area (Å²) in [5.74, 6) is -0.559. The highest BCUT2D eigenvalue weighted by molar-refractivity contribution is 6.01. The quantitative estimate of drug-likeness (QED) is 0.933. The van der Waals surface area contributed by atoms with E-state index in [1.807, 2.05) is 67.5 Å². The van der Waals surface area contributed by atoms with Gasteiger partial charge < -0.3 is 15.1 Å². The van der Waals surface area contributed by atoms with Crippen molar-refractivity contribution in [3.8, 4) is 0 Å². The number of fused-ring (bicyclic) bond motifs is 1. The Morgan fingerprint density at radius 2 is 1.76 bits per heavy atom. The van der Waals surface area contributed by atoms with Crippen molar-refractivity contribution in [3.05, 3.63) is 59.7 Å². The summed E-state index contributed by atoms with van der Waals surface area (Å²) >= 11 is 0. The van der Waals surface area contributed by atoms with E-state index in [-0.39, 0.29) is 18.2 Å². The summed E-state index contributed by atoms with van der Waals surface area (Å²) in [6.07, 6.45) is 0.194. The maximum absolute atomic E-state index is 12.9. The minimum absolute atomic E-state index is 0.0287. The lowest BCUT2D eigenvalue weighted by Gasteiger charge is -2.28. The molecule has 0 saturated carbocycles. The Bertz CT molecular complexity index is 784. The zero-order chi connectivity index (χ0) is 18.0. The van der Waals surface area contributed by atoms with Crippen molar-refractivity contribution in [1.82, 2.24) is 4.90 Å². The zero-order valence-electron chi connectivity index (χ0n) is 14.8. The first kappa shape index (κ1) is 17.0. The van der Waals surface area contributed by atoms with Crippen LogP contribution in [0.4, 0.5) is 11.4 Å². The maximum Gasteiger partial charge on any atom is 0.230 e. The number of para-hydroxylation sites is 1. The topological polar surface area (TPSA) is 52.7 Å². The van der Waals surface area contributed by atoms with Crippen LogP contribution in [0, 0.1) is 0 Å². The van der Waals surface area contributed by atoms with Gasteiger partial charge in [-0.25, -0.2) is 0 Å². The number of anilines is 2. The predicted molar refractivity (Wildman–Crippen MR) is 99.7 cm³/mol. The van der Waals surface area contributed by atoms with Crippen LogP contribution in [0.15, 0.2) is 48.5 Å². The number of carbonyl (C=O) groups is 2. The lowest BCUT2D eigenvalue weighted by Crippen LogP contribution is -2.36. The number of benzene rings is 2. The van der Waals surface area contributed by atoms with Crippen molar-refractivity contribution < 1.29 is 9.59 Å². The third-order valence-corrected chi connectivity index (χ3v) is 4.55. The van der Waals surface area contributed by atoms with Crippen LogP contribution in [0.25, 0.3) is 0 Å². The molecule has 1 unspecified atom stereocenters. The highest BCUT2D eigenvalue weighted by Gasteiger charge is 2.32. The number of likely N-dealkylation sites (N-methyl/N-ethyl adjacent to an activating group) is 1. The molecule has 0 saturated heterocycles. The van der Waals surface area contributed by atoms with Gasteiger partial charge >= 0.3 is 0 Å². The summed E-state index contributed by atoms with van der Waals surface area (Å²) < 4.78 is 0. The van der Waals surface area contributed by atoms with E-state index in [4.69, 9.17) is 0 Å². The number of hydrogen-bond donors (Lipinski definition) is 1. The first-order valence-electron chi connectivity index (χ1n) is 8.35. The van der Waals surface area contributed by atoms with E-state index >= 15 is 0 Å². The third-order valence-electron chi connectivity index (χ3n) is 4.55. The molecule has 2 aromatic rings. The van der Waals surface area contributed by atoms with Gasteiger partial charge in [-0.2, -0.15) is 0 Å². The van der Waals surface area contributed by atoms with E-state index < -0.39 is 5.92 Å². The van der Waals surface area contributed by atoms with E-state index in [0.29, 0.717) is 6.54 Å². The van der Waals surface area contributed by atoms with Crippen LogP contribution in [-0.4, -0.2) is 37.9 Å². The summed E-state index contributed by atoms with van der Waals surface area (Å²) in [6, 6.07) is 15.7. The molecule has 0 fully saturated rings. The molecule has 1 aliphatic heterocycles. The number of rotatable bonds is 4. The van der Waals surface area contributed by atoms with Crippen molar-refractivity contribution >= 4 is 23.2 Å². The van der Waals surface area contributed by atoms with Gasteiger partial charge in [-0.3, -0.25) is 9.59 Å². The van der Waals surface area contributed by atoms with Crippen LogP contribution >= 0.6 is 0 Å². The van der Waals surface area contributed by atoms with Gasteiger partial charge in [0, 0.05) is 45.5 Å². The predicted octanol–water partition coefficient (Wildman–Crippen LogP) is 2.84. The number of amides is 2. The van der Waals surface area contributed by atoms with E-state index in [2.05, 4.69) is 5.32 Å². The normalized spacial score (nSPS) is 16.0. The van der Waals surface area contributed by atoms with Crippen LogP contribution in [0.3, 0.4) is 0 Å². The smallest absolute Gasteiger partial charge is 0.230 e. The molecule has 1 N–H and O–H groups in total. The fraction of sp³-hybridized carbons (Fsp3) is 0.300. The molecule has 0 aliphatic carbocycles. The Kier molecular flexibility index (Phi) is 4.74.